The number of alkyl halides is 2. The van der Waals surface area contributed by atoms with Gasteiger partial charge in [-0.2, -0.15) is 0 Å². The Morgan fingerprint density at radius 2 is 1.88 bits per heavy atom. The summed E-state index contributed by atoms with van der Waals surface area (Å²) in [7, 11) is 0. The molecule has 6 unspecified atom stereocenters. The summed E-state index contributed by atoms with van der Waals surface area (Å²) in [6.45, 7) is 11.6. The largest absolute Gasteiger partial charge is 0.394 e. The molecule has 5 nitrogen and oxygen atoms in total. The molecule has 1 saturated heterocycles. The fourth-order valence-electron chi connectivity index (χ4n) is 8.16. The van der Waals surface area contributed by atoms with Gasteiger partial charge in [-0.3, -0.25) is 14.5 Å². The molecule has 0 aromatic carbocycles. The van der Waals surface area contributed by atoms with Crippen LogP contribution in [0.3, 0.4) is 0 Å². The van der Waals surface area contributed by atoms with E-state index in [1.807, 2.05) is 0 Å². The molecule has 5 rings (SSSR count). The Hall–Kier alpha value is -1.63. The molecule has 0 aromatic rings. The van der Waals surface area contributed by atoms with Crippen molar-refractivity contribution in [2.45, 2.75) is 77.6 Å². The third-order valence-corrected chi connectivity index (χ3v) is 10.1. The molecule has 8 atom stereocenters. The molecule has 5 fully saturated rings. The minimum atomic E-state index is -1.93. The first-order valence-electron chi connectivity index (χ1n) is 13.1. The predicted octanol–water partition coefficient (Wildman–Crippen LogP) is 4.70. The number of oxime groups is 1. The Bertz CT molecular complexity index is 900. The Labute approximate surface area is 201 Å². The van der Waals surface area contributed by atoms with Crippen molar-refractivity contribution in [2.24, 2.45) is 39.7 Å². The quantitative estimate of drug-likeness (QED) is 0.335. The lowest BCUT2D eigenvalue weighted by atomic mass is 9.43. The first-order chi connectivity index (χ1) is 16.2. The van der Waals surface area contributed by atoms with Gasteiger partial charge in [0.25, 0.3) is 0 Å². The summed E-state index contributed by atoms with van der Waals surface area (Å²) in [5.74, 6) is -2.38. The van der Waals surface area contributed by atoms with Crippen molar-refractivity contribution >= 4 is 17.3 Å². The van der Waals surface area contributed by atoms with Crippen LogP contribution in [-0.2, 0) is 14.4 Å². The number of likely N-dealkylation sites (tertiary alicyclic amines) is 1. The van der Waals surface area contributed by atoms with E-state index in [9.17, 15) is 14.0 Å². The number of piperidine rings is 1. The van der Waals surface area contributed by atoms with Crippen molar-refractivity contribution in [3.05, 3.63) is 12.2 Å². The highest BCUT2D eigenvalue weighted by atomic mass is 19.1. The number of allylic oxidation sites excluding steroid dienone is 1. The lowest BCUT2D eigenvalue weighted by Gasteiger charge is -2.59. The highest BCUT2D eigenvalue weighted by Gasteiger charge is 2.70. The number of carbonyl (C=O) groups excluding carboxylic acids is 2. The van der Waals surface area contributed by atoms with Gasteiger partial charge in [-0.25, -0.2) is 8.78 Å². The number of ketones is 2. The van der Waals surface area contributed by atoms with Crippen molar-refractivity contribution in [3.63, 3.8) is 0 Å². The zero-order valence-electron chi connectivity index (χ0n) is 20.5. The normalized spacial score (nSPS) is 46.2. The van der Waals surface area contributed by atoms with E-state index in [0.29, 0.717) is 32.3 Å². The van der Waals surface area contributed by atoms with Crippen LogP contribution in [0.4, 0.5) is 8.78 Å². The van der Waals surface area contributed by atoms with Gasteiger partial charge >= 0.3 is 0 Å². The lowest BCUT2D eigenvalue weighted by Crippen LogP contribution is -2.62. The molecule has 0 bridgehead atoms. The summed E-state index contributed by atoms with van der Waals surface area (Å²) in [5, 5.41) is 4.44. The molecule has 0 spiro atoms. The minimum Gasteiger partial charge on any atom is -0.394 e. The molecule has 34 heavy (non-hydrogen) atoms. The highest BCUT2D eigenvalue weighted by Crippen LogP contribution is 2.65. The molecule has 4 aliphatic carbocycles. The number of halogens is 2. The second kappa shape index (κ2) is 8.79. The van der Waals surface area contributed by atoms with Gasteiger partial charge in [-0.15, -0.1) is 0 Å². The lowest BCUT2D eigenvalue weighted by molar-refractivity contribution is -0.165. The predicted molar refractivity (Wildman–Crippen MR) is 126 cm³/mol. The van der Waals surface area contributed by atoms with E-state index in [0.717, 1.165) is 30.9 Å². The van der Waals surface area contributed by atoms with Crippen molar-refractivity contribution in [1.82, 2.24) is 4.90 Å². The van der Waals surface area contributed by atoms with Crippen LogP contribution >= 0.6 is 0 Å². The van der Waals surface area contributed by atoms with Crippen LogP contribution in [0, 0.1) is 34.5 Å². The topological polar surface area (TPSA) is 59.0 Å². The van der Waals surface area contributed by atoms with Crippen LogP contribution in [0.5, 0.6) is 0 Å². The maximum absolute atomic E-state index is 15.6. The van der Waals surface area contributed by atoms with Gasteiger partial charge < -0.3 is 4.84 Å². The summed E-state index contributed by atoms with van der Waals surface area (Å²) in [4.78, 5) is 34.1. The van der Waals surface area contributed by atoms with Crippen molar-refractivity contribution in [2.75, 3.05) is 26.2 Å². The molecule has 5 aliphatic rings. The average molecular weight is 477 g/mol. The SMILES string of the molecule is C=C1CC2C(C(=O)C(F)[C@]3(C)C(=O)C(F)CC23)[C@@]2(C)CC/C(=N\OCCN3CCCCC3)CC12. The molecule has 188 valence electrons. The number of rotatable bonds is 4. The Morgan fingerprint density at radius 1 is 1.15 bits per heavy atom. The minimum absolute atomic E-state index is 0.0192. The van der Waals surface area contributed by atoms with Gasteiger partial charge in [0.05, 0.1) is 11.1 Å². The molecule has 1 aliphatic heterocycles. The second-order valence-corrected chi connectivity index (χ2v) is 11.9. The van der Waals surface area contributed by atoms with E-state index in [2.05, 4.69) is 23.6 Å². The first-order valence-corrected chi connectivity index (χ1v) is 13.1. The monoisotopic (exact) mass is 476 g/mol. The van der Waals surface area contributed by atoms with Crippen LogP contribution in [0.2, 0.25) is 0 Å². The molecule has 7 heteroatoms. The molecular weight excluding hydrogens is 438 g/mol. The van der Waals surface area contributed by atoms with Crippen molar-refractivity contribution in [3.8, 4) is 0 Å². The standard InChI is InChI=1S/C27H38F2N2O3/c1-16-13-18-20-15-21(28)25(33)27(20,3)24(29)23(32)22(18)26(2)8-7-17(14-19(16)26)30-34-12-11-31-9-5-4-6-10-31/h18-22,24H,1,4-15H2,2-3H3/b30-17+/t18?,19?,20?,21?,22?,24?,26-,27+/m0/s1. The van der Waals surface area contributed by atoms with Gasteiger partial charge in [0, 0.05) is 12.5 Å². The van der Waals surface area contributed by atoms with Crippen LogP contribution in [-0.4, -0.2) is 60.8 Å². The molecular formula is C27H38F2N2O3. The maximum atomic E-state index is 15.6. The number of fused-ring (bicyclic) bond motifs is 5. The van der Waals surface area contributed by atoms with E-state index in [1.165, 1.54) is 26.2 Å². The number of hydrogen-bond donors (Lipinski definition) is 0. The summed E-state index contributed by atoms with van der Waals surface area (Å²) in [6.07, 6.45) is 2.83. The first kappa shape index (κ1) is 24.1. The third-order valence-electron chi connectivity index (χ3n) is 10.1. The van der Waals surface area contributed by atoms with Crippen LogP contribution in [0.25, 0.3) is 0 Å². The fourth-order valence-corrected chi connectivity index (χ4v) is 8.16. The van der Waals surface area contributed by atoms with Gasteiger partial charge in [0.15, 0.2) is 23.9 Å². The molecule has 0 aromatic heterocycles. The summed E-state index contributed by atoms with van der Waals surface area (Å²) >= 11 is 0. The fraction of sp³-hybridized carbons (Fsp3) is 0.815. The second-order valence-electron chi connectivity index (χ2n) is 11.9. The molecule has 0 amide bonds. The Kier molecular flexibility index (Phi) is 6.23. The number of hydrogen-bond acceptors (Lipinski definition) is 5. The molecule has 0 radical (unpaired) electrons. The van der Waals surface area contributed by atoms with Gasteiger partial charge in [0.2, 0.25) is 0 Å². The summed E-state index contributed by atoms with van der Waals surface area (Å²) in [5.41, 5.74) is 0.00893. The zero-order valence-corrected chi connectivity index (χ0v) is 20.5. The van der Waals surface area contributed by atoms with Crippen LogP contribution < -0.4 is 0 Å². The highest BCUT2D eigenvalue weighted by molar-refractivity contribution is 6.01. The van der Waals surface area contributed by atoms with E-state index in [4.69, 9.17) is 4.84 Å². The van der Waals surface area contributed by atoms with Crippen LogP contribution in [0.15, 0.2) is 17.3 Å². The number of nitrogens with zero attached hydrogens (tertiary/aromatic N) is 2. The Balaban J connectivity index is 1.30. The summed E-state index contributed by atoms with van der Waals surface area (Å²) in [6, 6.07) is 0. The van der Waals surface area contributed by atoms with Gasteiger partial charge in [0.1, 0.15) is 6.61 Å². The van der Waals surface area contributed by atoms with Crippen molar-refractivity contribution in [1.29, 1.82) is 0 Å². The van der Waals surface area contributed by atoms with E-state index < -0.39 is 46.6 Å². The smallest absolute Gasteiger partial charge is 0.176 e. The molecule has 4 saturated carbocycles. The summed E-state index contributed by atoms with van der Waals surface area (Å²) < 4.78 is 30.0. The van der Waals surface area contributed by atoms with Crippen molar-refractivity contribution < 1.29 is 23.2 Å². The number of carbonyl (C=O) groups is 2. The van der Waals surface area contributed by atoms with E-state index in [1.54, 1.807) is 0 Å². The van der Waals surface area contributed by atoms with Gasteiger partial charge in [-0.05, 0) is 88.1 Å². The number of Topliss-reactive ketones (excluding diaryl/α,β-unsaturated/α-hetero) is 2. The zero-order chi connectivity index (χ0) is 24.3. The van der Waals surface area contributed by atoms with Crippen LogP contribution in [0.1, 0.15) is 65.2 Å². The molecule has 0 N–H and O–H groups in total. The average Bonchev–Trinajstić information content (AvgIpc) is 3.06. The maximum Gasteiger partial charge on any atom is 0.176 e. The van der Waals surface area contributed by atoms with Gasteiger partial charge in [-0.1, -0.05) is 30.7 Å². The van der Waals surface area contributed by atoms with E-state index in [-0.39, 0.29) is 18.3 Å². The third kappa shape index (κ3) is 3.59. The van der Waals surface area contributed by atoms with E-state index >= 15 is 4.39 Å². The molecule has 1 heterocycles. The Morgan fingerprint density at radius 3 is 2.62 bits per heavy atom.